The van der Waals surface area contributed by atoms with Gasteiger partial charge >= 0.3 is 11.9 Å². The quantitative estimate of drug-likeness (QED) is 0.303. The second kappa shape index (κ2) is 16.4. The molecular weight excluding hydrogens is 310 g/mol. The number of carbonyl (C=O) groups is 4. The molecule has 1 saturated heterocycles. The van der Waals surface area contributed by atoms with Crippen molar-refractivity contribution in [3.63, 3.8) is 0 Å². The summed E-state index contributed by atoms with van der Waals surface area (Å²) in [4.78, 5) is 40.3. The average molecular weight is 335 g/mol. The van der Waals surface area contributed by atoms with Gasteiger partial charge < -0.3 is 20.4 Å². The van der Waals surface area contributed by atoms with Crippen LogP contribution in [0.2, 0.25) is 0 Å². The second-order valence-electron chi connectivity index (χ2n) is 4.62. The van der Waals surface area contributed by atoms with Crippen molar-refractivity contribution in [2.45, 2.75) is 51.4 Å². The lowest BCUT2D eigenvalue weighted by Gasteiger charge is -1.96. The highest BCUT2D eigenvalue weighted by molar-refractivity contribution is 6.01. The smallest absolute Gasteiger partial charge is 0.303 e. The number of hydrogen-bond acceptors (Lipinski definition) is 6. The van der Waals surface area contributed by atoms with E-state index < -0.39 is 11.9 Å². The summed E-state index contributed by atoms with van der Waals surface area (Å²) in [6, 6.07) is 0. The minimum Gasteiger partial charge on any atom is -0.481 e. The summed E-state index contributed by atoms with van der Waals surface area (Å²) in [7, 11) is 0. The molecule has 0 radical (unpaired) electrons. The first-order valence-corrected chi connectivity index (χ1v) is 7.31. The molecule has 0 bridgehead atoms. The maximum absolute atomic E-state index is 10.1. The molecule has 0 atom stereocenters. The summed E-state index contributed by atoms with van der Waals surface area (Å²) < 4.78 is 0. The Morgan fingerprint density at radius 1 is 0.783 bits per heavy atom. The van der Waals surface area contributed by atoms with Gasteiger partial charge in [0.05, 0.1) is 13.2 Å². The van der Waals surface area contributed by atoms with E-state index in [9.17, 15) is 19.2 Å². The zero-order chi connectivity index (χ0) is 18.1. The van der Waals surface area contributed by atoms with Crippen molar-refractivity contribution in [2.24, 2.45) is 0 Å². The van der Waals surface area contributed by atoms with E-state index in [0.717, 1.165) is 12.8 Å². The van der Waals surface area contributed by atoms with E-state index in [1.165, 1.54) is 0 Å². The number of hydrogen-bond donors (Lipinski definition) is 5. The highest BCUT2D eigenvalue weighted by atomic mass is 16.4. The summed E-state index contributed by atoms with van der Waals surface area (Å²) in [5.74, 6) is -1.86. The third-order valence-electron chi connectivity index (χ3n) is 2.49. The molecule has 0 saturated carbocycles. The van der Waals surface area contributed by atoms with Gasteiger partial charge in [0.15, 0.2) is 0 Å². The van der Waals surface area contributed by atoms with Gasteiger partial charge in [-0.2, -0.15) is 0 Å². The fraction of sp³-hybridized carbons (Fsp3) is 0.714. The van der Waals surface area contributed by atoms with Gasteiger partial charge in [0, 0.05) is 25.7 Å². The minimum absolute atomic E-state index is 0.125. The number of imide groups is 1. The number of carboxylic acids is 2. The predicted molar refractivity (Wildman–Crippen MR) is 79.5 cm³/mol. The van der Waals surface area contributed by atoms with E-state index in [-0.39, 0.29) is 37.9 Å². The van der Waals surface area contributed by atoms with Crippen LogP contribution in [0.15, 0.2) is 0 Å². The van der Waals surface area contributed by atoms with Crippen LogP contribution in [-0.2, 0) is 19.2 Å². The number of rotatable bonds is 8. The summed E-state index contributed by atoms with van der Waals surface area (Å²) in [5, 5.41) is 33.9. The van der Waals surface area contributed by atoms with Crippen LogP contribution in [0.25, 0.3) is 0 Å². The Balaban J connectivity index is 0. The number of aliphatic hydroxyl groups is 2. The topological polar surface area (TPSA) is 161 Å². The molecule has 0 aromatic rings. The van der Waals surface area contributed by atoms with Gasteiger partial charge in [-0.25, -0.2) is 0 Å². The Hall–Kier alpha value is -2.00. The third-order valence-corrected chi connectivity index (χ3v) is 2.49. The molecule has 1 aliphatic heterocycles. The van der Waals surface area contributed by atoms with E-state index in [4.69, 9.17) is 20.4 Å². The molecule has 134 valence electrons. The van der Waals surface area contributed by atoms with Gasteiger partial charge in [-0.15, -0.1) is 0 Å². The molecule has 1 heterocycles. The molecule has 23 heavy (non-hydrogen) atoms. The zero-order valence-electron chi connectivity index (χ0n) is 13.0. The lowest BCUT2D eigenvalue weighted by Crippen LogP contribution is -2.18. The summed E-state index contributed by atoms with van der Waals surface area (Å²) in [6.45, 7) is -0.250. The van der Waals surface area contributed by atoms with Gasteiger partial charge in [0.2, 0.25) is 11.8 Å². The number of amides is 2. The van der Waals surface area contributed by atoms with Gasteiger partial charge in [0.1, 0.15) is 0 Å². The standard InChI is InChI=1S/C8H14O4.C4H5NO2.C2H6O2/c9-7(10)5-3-1-2-4-6-8(11)12;6-3-1-2-4(7)5-3;3-1-2-4/h1-6H2,(H,9,10)(H,11,12);1-2H2,(H,5,6,7);3-4H,1-2H2. The van der Waals surface area contributed by atoms with E-state index in [0.29, 0.717) is 25.7 Å². The lowest BCUT2D eigenvalue weighted by molar-refractivity contribution is -0.138. The van der Waals surface area contributed by atoms with E-state index in [2.05, 4.69) is 5.32 Å². The molecule has 0 spiro atoms. The molecule has 9 nitrogen and oxygen atoms in total. The fourth-order valence-corrected chi connectivity index (χ4v) is 1.41. The summed E-state index contributed by atoms with van der Waals surface area (Å²) in [5.41, 5.74) is 0. The first-order valence-electron chi connectivity index (χ1n) is 7.31. The molecule has 0 aromatic carbocycles. The minimum atomic E-state index is -0.784. The first-order chi connectivity index (χ1) is 10.8. The number of unbranched alkanes of at least 4 members (excludes halogenated alkanes) is 3. The van der Waals surface area contributed by atoms with Crippen LogP contribution in [-0.4, -0.2) is 57.4 Å². The van der Waals surface area contributed by atoms with E-state index in [1.807, 2.05) is 0 Å². The van der Waals surface area contributed by atoms with Crippen LogP contribution < -0.4 is 5.32 Å². The number of aliphatic hydroxyl groups excluding tert-OH is 2. The lowest BCUT2D eigenvalue weighted by atomic mass is 10.1. The van der Waals surface area contributed by atoms with Gasteiger partial charge in [-0.05, 0) is 12.8 Å². The monoisotopic (exact) mass is 335 g/mol. The van der Waals surface area contributed by atoms with Crippen LogP contribution in [0.1, 0.15) is 51.4 Å². The summed E-state index contributed by atoms with van der Waals surface area (Å²) >= 11 is 0. The van der Waals surface area contributed by atoms with Crippen molar-refractivity contribution in [3.8, 4) is 0 Å². The van der Waals surface area contributed by atoms with Crippen molar-refractivity contribution in [1.29, 1.82) is 0 Å². The number of carbonyl (C=O) groups excluding carboxylic acids is 2. The molecular formula is C14H25NO8. The number of carboxylic acid groups (broad SMARTS) is 2. The summed E-state index contributed by atoms with van der Waals surface area (Å²) in [6.07, 6.45) is 4.03. The van der Waals surface area contributed by atoms with Crippen molar-refractivity contribution in [3.05, 3.63) is 0 Å². The van der Waals surface area contributed by atoms with Crippen molar-refractivity contribution >= 4 is 23.8 Å². The molecule has 1 aliphatic rings. The van der Waals surface area contributed by atoms with Gasteiger partial charge in [0.25, 0.3) is 0 Å². The van der Waals surface area contributed by atoms with E-state index >= 15 is 0 Å². The van der Waals surface area contributed by atoms with Crippen LogP contribution in [0.4, 0.5) is 0 Å². The highest BCUT2D eigenvalue weighted by Gasteiger charge is 2.15. The average Bonchev–Trinajstić information content (AvgIpc) is 2.86. The van der Waals surface area contributed by atoms with Crippen LogP contribution in [0.5, 0.6) is 0 Å². The van der Waals surface area contributed by atoms with Gasteiger partial charge in [-0.1, -0.05) is 12.8 Å². The maximum Gasteiger partial charge on any atom is 0.303 e. The predicted octanol–water partition coefficient (Wildman–Crippen LogP) is -0.110. The Morgan fingerprint density at radius 3 is 1.30 bits per heavy atom. The van der Waals surface area contributed by atoms with E-state index in [1.54, 1.807) is 0 Å². The molecule has 5 N–H and O–H groups in total. The Bertz CT molecular complexity index is 336. The first kappa shape index (κ1) is 23.3. The molecule has 0 aliphatic carbocycles. The molecule has 1 fully saturated rings. The highest BCUT2D eigenvalue weighted by Crippen LogP contribution is 2.04. The van der Waals surface area contributed by atoms with Crippen LogP contribution in [0.3, 0.4) is 0 Å². The van der Waals surface area contributed by atoms with Crippen LogP contribution in [0, 0.1) is 0 Å². The SMILES string of the molecule is O=C(O)CCCCCCC(=O)O.O=C1CCC(=O)N1.OCCO. The van der Waals surface area contributed by atoms with Gasteiger partial charge in [-0.3, -0.25) is 24.5 Å². The molecule has 2 amide bonds. The molecule has 9 heteroatoms. The number of nitrogens with one attached hydrogen (secondary N) is 1. The Labute approximate surface area is 134 Å². The molecule has 0 aromatic heterocycles. The maximum atomic E-state index is 10.1. The zero-order valence-corrected chi connectivity index (χ0v) is 13.0. The van der Waals surface area contributed by atoms with Crippen molar-refractivity contribution in [2.75, 3.05) is 13.2 Å². The Kier molecular flexibility index (Phi) is 16.6. The molecule has 1 rings (SSSR count). The second-order valence-corrected chi connectivity index (χ2v) is 4.62. The largest absolute Gasteiger partial charge is 0.481 e. The van der Waals surface area contributed by atoms with Crippen molar-refractivity contribution in [1.82, 2.24) is 5.32 Å². The Morgan fingerprint density at radius 2 is 1.13 bits per heavy atom. The molecule has 0 unspecified atom stereocenters. The normalized spacial score (nSPS) is 12.4. The number of aliphatic carboxylic acids is 2. The van der Waals surface area contributed by atoms with Crippen LogP contribution >= 0.6 is 0 Å². The fourth-order valence-electron chi connectivity index (χ4n) is 1.41. The van der Waals surface area contributed by atoms with Crippen molar-refractivity contribution < 1.29 is 39.6 Å². The third kappa shape index (κ3) is 22.4.